The monoisotopic (exact) mass is 333 g/mol. The smallest absolute Gasteiger partial charge is 0.123 e. The zero-order valence-corrected chi connectivity index (χ0v) is 14.0. The van der Waals surface area contributed by atoms with Crippen LogP contribution in [-0.4, -0.2) is 22.6 Å². The van der Waals surface area contributed by atoms with Crippen LogP contribution in [0.2, 0.25) is 0 Å². The summed E-state index contributed by atoms with van der Waals surface area (Å²) in [6, 6.07) is 16.0. The molecule has 0 radical (unpaired) electrons. The van der Waals surface area contributed by atoms with E-state index < -0.39 is 0 Å². The van der Waals surface area contributed by atoms with E-state index in [9.17, 15) is 4.39 Å². The molecule has 0 N–H and O–H groups in total. The number of aromatic nitrogens is 2. The third kappa shape index (κ3) is 2.36. The van der Waals surface area contributed by atoms with Gasteiger partial charge in [-0.05, 0) is 54.7 Å². The molecule has 4 heteroatoms. The van der Waals surface area contributed by atoms with Gasteiger partial charge in [-0.3, -0.25) is 0 Å². The van der Waals surface area contributed by atoms with E-state index in [2.05, 4.69) is 44.8 Å². The van der Waals surface area contributed by atoms with E-state index >= 15 is 0 Å². The minimum atomic E-state index is -0.149. The Morgan fingerprint density at radius 3 is 2.60 bits per heavy atom. The highest BCUT2D eigenvalue weighted by Gasteiger charge is 2.36. The average molecular weight is 333 g/mol. The molecule has 1 saturated heterocycles. The first-order valence-electron chi connectivity index (χ1n) is 8.93. The average Bonchev–Trinajstić information content (AvgIpc) is 3.23. The maximum absolute atomic E-state index is 13.9. The van der Waals surface area contributed by atoms with Crippen molar-refractivity contribution in [3.05, 3.63) is 72.4 Å². The van der Waals surface area contributed by atoms with Gasteiger partial charge in [-0.15, -0.1) is 0 Å². The van der Waals surface area contributed by atoms with E-state index in [1.165, 1.54) is 5.69 Å². The molecule has 0 amide bonds. The molecule has 3 heterocycles. The lowest BCUT2D eigenvalue weighted by molar-refractivity contribution is 0.317. The van der Waals surface area contributed by atoms with E-state index in [1.54, 1.807) is 12.1 Å². The fourth-order valence-electron chi connectivity index (χ4n) is 4.49. The topological polar surface area (TPSA) is 21.1 Å². The Kier molecular flexibility index (Phi) is 3.37. The second-order valence-corrected chi connectivity index (χ2v) is 7.02. The third-order valence-corrected chi connectivity index (χ3v) is 5.68. The quantitative estimate of drug-likeness (QED) is 0.688. The molecular weight excluding hydrogens is 313 g/mol. The van der Waals surface area contributed by atoms with Crippen molar-refractivity contribution in [1.29, 1.82) is 0 Å². The minimum Gasteiger partial charge on any atom is -0.372 e. The lowest BCUT2D eigenvalue weighted by Crippen LogP contribution is -2.36. The molecule has 25 heavy (non-hydrogen) atoms. The zero-order chi connectivity index (χ0) is 16.8. The van der Waals surface area contributed by atoms with Crippen molar-refractivity contribution in [1.82, 2.24) is 9.55 Å². The van der Waals surface area contributed by atoms with E-state index in [-0.39, 0.29) is 11.9 Å². The summed E-state index contributed by atoms with van der Waals surface area (Å²) in [7, 11) is 0. The summed E-state index contributed by atoms with van der Waals surface area (Å²) in [6.45, 7) is 2.08. The number of imidazole rings is 1. The van der Waals surface area contributed by atoms with Crippen LogP contribution in [0.15, 0.2) is 61.1 Å². The number of anilines is 1. The molecule has 3 aromatic rings. The number of hydrogen-bond acceptors (Lipinski definition) is 2. The third-order valence-electron chi connectivity index (χ3n) is 5.68. The summed E-state index contributed by atoms with van der Waals surface area (Å²) in [5, 5.41) is 0. The van der Waals surface area contributed by atoms with E-state index in [0.717, 1.165) is 42.8 Å². The van der Waals surface area contributed by atoms with Crippen molar-refractivity contribution in [2.75, 3.05) is 18.0 Å². The second kappa shape index (κ2) is 5.73. The Bertz CT molecular complexity index is 895. The Balaban J connectivity index is 1.43. The molecule has 1 unspecified atom stereocenters. The highest BCUT2D eigenvalue weighted by atomic mass is 19.1. The van der Waals surface area contributed by atoms with Crippen molar-refractivity contribution in [3.63, 3.8) is 0 Å². The van der Waals surface area contributed by atoms with Crippen LogP contribution in [0.1, 0.15) is 24.4 Å². The first kappa shape index (κ1) is 14.7. The van der Waals surface area contributed by atoms with Crippen LogP contribution in [0.5, 0.6) is 0 Å². The second-order valence-electron chi connectivity index (χ2n) is 7.02. The molecule has 0 aliphatic carbocycles. The molecule has 5 rings (SSSR count). The fraction of sp³-hybridized carbons (Fsp3) is 0.286. The van der Waals surface area contributed by atoms with Gasteiger partial charge in [-0.1, -0.05) is 18.2 Å². The van der Waals surface area contributed by atoms with Crippen LogP contribution >= 0.6 is 0 Å². The first-order valence-corrected chi connectivity index (χ1v) is 8.93. The van der Waals surface area contributed by atoms with Gasteiger partial charge in [0.2, 0.25) is 0 Å². The standard InChI is InChI=1S/C21H20FN3/c22-16-6-7-18-19(12-16)21(25-14-23-13-20(18)25)15-8-10-24(11-9-15)17-4-2-1-3-5-17/h1-7,12-15,21H,8-11H2. The Morgan fingerprint density at radius 1 is 1.00 bits per heavy atom. The highest BCUT2D eigenvalue weighted by Crippen LogP contribution is 2.46. The summed E-state index contributed by atoms with van der Waals surface area (Å²) >= 11 is 0. The summed E-state index contributed by atoms with van der Waals surface area (Å²) in [6.07, 6.45) is 6.01. The van der Waals surface area contributed by atoms with Gasteiger partial charge in [0.25, 0.3) is 0 Å². The van der Waals surface area contributed by atoms with Crippen LogP contribution in [0, 0.1) is 11.7 Å². The van der Waals surface area contributed by atoms with Gasteiger partial charge >= 0.3 is 0 Å². The van der Waals surface area contributed by atoms with Gasteiger partial charge in [-0.2, -0.15) is 0 Å². The maximum atomic E-state index is 13.9. The summed E-state index contributed by atoms with van der Waals surface area (Å²) < 4.78 is 16.1. The summed E-state index contributed by atoms with van der Waals surface area (Å²) in [4.78, 5) is 6.78. The zero-order valence-electron chi connectivity index (χ0n) is 14.0. The predicted octanol–water partition coefficient (Wildman–Crippen LogP) is 4.51. The number of halogens is 1. The molecule has 3 nitrogen and oxygen atoms in total. The largest absolute Gasteiger partial charge is 0.372 e. The van der Waals surface area contributed by atoms with Gasteiger partial charge in [0.1, 0.15) is 5.82 Å². The first-order chi connectivity index (χ1) is 12.3. The normalized spacial score (nSPS) is 19.7. The molecule has 1 aromatic heterocycles. The van der Waals surface area contributed by atoms with Crippen LogP contribution in [0.3, 0.4) is 0 Å². The molecule has 1 fully saturated rings. The fourth-order valence-corrected chi connectivity index (χ4v) is 4.49. The predicted molar refractivity (Wildman–Crippen MR) is 97.1 cm³/mol. The molecule has 0 bridgehead atoms. The van der Waals surface area contributed by atoms with Crippen LogP contribution in [0.4, 0.5) is 10.1 Å². The molecule has 2 aromatic carbocycles. The summed E-state index contributed by atoms with van der Waals surface area (Å²) in [5.74, 6) is 0.361. The van der Waals surface area contributed by atoms with Gasteiger partial charge in [-0.25, -0.2) is 9.37 Å². The lowest BCUT2D eigenvalue weighted by Gasteiger charge is -2.37. The van der Waals surface area contributed by atoms with Crippen molar-refractivity contribution in [2.45, 2.75) is 18.9 Å². The molecule has 126 valence electrons. The number of nitrogens with zero attached hydrogens (tertiary/aromatic N) is 3. The SMILES string of the molecule is Fc1ccc2c(c1)C(C1CCN(c3ccccc3)CC1)n1cncc1-2. The molecule has 0 saturated carbocycles. The van der Waals surface area contributed by atoms with Gasteiger partial charge in [0.05, 0.1) is 24.3 Å². The lowest BCUT2D eigenvalue weighted by atomic mass is 9.85. The van der Waals surface area contributed by atoms with Crippen molar-refractivity contribution >= 4 is 5.69 Å². The van der Waals surface area contributed by atoms with Gasteiger partial charge in [0.15, 0.2) is 0 Å². The van der Waals surface area contributed by atoms with E-state index in [4.69, 9.17) is 0 Å². The van der Waals surface area contributed by atoms with Crippen molar-refractivity contribution < 1.29 is 4.39 Å². The molecule has 2 aliphatic rings. The Hall–Kier alpha value is -2.62. The molecular formula is C21H20FN3. The van der Waals surface area contributed by atoms with Gasteiger partial charge < -0.3 is 9.47 Å². The van der Waals surface area contributed by atoms with E-state index in [1.807, 2.05) is 18.6 Å². The van der Waals surface area contributed by atoms with E-state index in [0.29, 0.717) is 5.92 Å². The maximum Gasteiger partial charge on any atom is 0.123 e. The van der Waals surface area contributed by atoms with Crippen molar-refractivity contribution in [2.24, 2.45) is 5.92 Å². The minimum absolute atomic E-state index is 0.149. The highest BCUT2D eigenvalue weighted by molar-refractivity contribution is 5.69. The Labute approximate surface area is 146 Å². The molecule has 0 spiro atoms. The number of benzene rings is 2. The summed E-state index contributed by atoms with van der Waals surface area (Å²) in [5.41, 5.74) is 4.66. The number of rotatable bonds is 2. The number of para-hydroxylation sites is 1. The number of hydrogen-bond donors (Lipinski definition) is 0. The van der Waals surface area contributed by atoms with Crippen LogP contribution in [0.25, 0.3) is 11.3 Å². The van der Waals surface area contributed by atoms with Crippen molar-refractivity contribution in [3.8, 4) is 11.3 Å². The molecule has 1 atom stereocenters. The van der Waals surface area contributed by atoms with Crippen LogP contribution < -0.4 is 4.90 Å². The molecule has 2 aliphatic heterocycles. The van der Waals surface area contributed by atoms with Gasteiger partial charge in [0, 0.05) is 24.3 Å². The van der Waals surface area contributed by atoms with Crippen LogP contribution in [-0.2, 0) is 0 Å². The number of fused-ring (bicyclic) bond motifs is 3. The Morgan fingerprint density at radius 2 is 1.80 bits per heavy atom. The number of piperidine rings is 1.